The highest BCUT2D eigenvalue weighted by molar-refractivity contribution is 7.92. The molecule has 1 heterocycles. The van der Waals surface area contributed by atoms with Crippen molar-refractivity contribution in [1.29, 1.82) is 0 Å². The maximum Gasteiger partial charge on any atom is 0.416 e. The number of halogens is 5. The molecule has 0 atom stereocenters. The third-order valence-corrected chi connectivity index (χ3v) is 6.73. The highest BCUT2D eigenvalue weighted by Crippen LogP contribution is 2.39. The van der Waals surface area contributed by atoms with Gasteiger partial charge in [-0.2, -0.15) is 13.2 Å². The Labute approximate surface area is 187 Å². The van der Waals surface area contributed by atoms with E-state index in [9.17, 15) is 40.3 Å². The van der Waals surface area contributed by atoms with Crippen molar-refractivity contribution in [3.63, 3.8) is 0 Å². The first-order chi connectivity index (χ1) is 15.2. The van der Waals surface area contributed by atoms with Gasteiger partial charge in [0.2, 0.25) is 0 Å². The number of sulfonamides is 1. The average Bonchev–Trinajstić information content (AvgIpc) is 2.71. The lowest BCUT2D eigenvalue weighted by Crippen LogP contribution is -2.43. The molecule has 2 N–H and O–H groups in total. The zero-order valence-electron chi connectivity index (χ0n) is 17.4. The highest BCUT2D eigenvalue weighted by atomic mass is 32.2. The predicted molar refractivity (Wildman–Crippen MR) is 111 cm³/mol. The van der Waals surface area contributed by atoms with Gasteiger partial charge in [-0.05, 0) is 48.7 Å². The summed E-state index contributed by atoms with van der Waals surface area (Å²) in [4.78, 5) is 12.0. The normalized spacial score (nSPS) is 16.5. The van der Waals surface area contributed by atoms with Crippen LogP contribution in [0.2, 0.25) is 0 Å². The van der Waals surface area contributed by atoms with E-state index in [1.165, 1.54) is 12.1 Å². The number of aryl methyl sites for hydroxylation is 1. The number of carbonyl (C=O) groups is 1. The Kier molecular flexibility index (Phi) is 6.60. The number of nitrogens with zero attached hydrogens (tertiary/aromatic N) is 1. The minimum atomic E-state index is -4.80. The molecule has 1 fully saturated rings. The second kappa shape index (κ2) is 8.81. The van der Waals surface area contributed by atoms with Crippen molar-refractivity contribution in [2.45, 2.75) is 43.2 Å². The first kappa shape index (κ1) is 24.7. The summed E-state index contributed by atoms with van der Waals surface area (Å²) >= 11 is 0. The van der Waals surface area contributed by atoms with Gasteiger partial charge in [0, 0.05) is 13.0 Å². The Hall–Kier alpha value is -2.89. The van der Waals surface area contributed by atoms with E-state index in [1.807, 2.05) is 0 Å². The van der Waals surface area contributed by atoms with E-state index in [0.29, 0.717) is 12.1 Å². The molecular formula is C21H21F5N2O4S. The van der Waals surface area contributed by atoms with Gasteiger partial charge in [-0.15, -0.1) is 0 Å². The van der Waals surface area contributed by atoms with Gasteiger partial charge in [0.25, 0.3) is 15.9 Å². The van der Waals surface area contributed by atoms with Gasteiger partial charge in [-0.1, -0.05) is 13.0 Å². The molecular weight excluding hydrogens is 471 g/mol. The molecule has 2 aromatic rings. The number of hydrogen-bond donors (Lipinski definition) is 2. The van der Waals surface area contributed by atoms with Crippen molar-refractivity contribution in [3.05, 3.63) is 53.1 Å². The van der Waals surface area contributed by atoms with Crippen molar-refractivity contribution in [2.24, 2.45) is 0 Å². The molecule has 0 amide bonds. The number of hydrogen-bond acceptors (Lipinski definition) is 4. The van der Waals surface area contributed by atoms with Gasteiger partial charge in [-0.25, -0.2) is 22.0 Å². The summed E-state index contributed by atoms with van der Waals surface area (Å²) in [7, 11) is -4.56. The molecule has 12 heteroatoms. The number of anilines is 2. The quantitative estimate of drug-likeness (QED) is 0.554. The molecule has 1 saturated heterocycles. The molecule has 0 saturated carbocycles. The SMILES string of the molecule is CCc1ccc(C(=O)O)cc1S(=O)(=O)Nc1cc(C(F)(F)F)ccc1N1CCCC(F)(F)C1. The van der Waals surface area contributed by atoms with Gasteiger partial charge in [0.1, 0.15) is 0 Å². The van der Waals surface area contributed by atoms with E-state index < -0.39 is 50.8 Å². The highest BCUT2D eigenvalue weighted by Gasteiger charge is 2.37. The first-order valence-corrected chi connectivity index (χ1v) is 11.4. The first-order valence-electron chi connectivity index (χ1n) is 9.96. The van der Waals surface area contributed by atoms with Crippen LogP contribution in [0.25, 0.3) is 0 Å². The van der Waals surface area contributed by atoms with E-state index in [2.05, 4.69) is 4.72 Å². The Morgan fingerprint density at radius 3 is 2.45 bits per heavy atom. The Morgan fingerprint density at radius 1 is 1.18 bits per heavy atom. The van der Waals surface area contributed by atoms with E-state index in [4.69, 9.17) is 0 Å². The molecule has 0 aromatic heterocycles. The molecule has 1 aliphatic heterocycles. The fourth-order valence-electron chi connectivity index (χ4n) is 3.67. The van der Waals surface area contributed by atoms with Crippen LogP contribution < -0.4 is 9.62 Å². The number of carboxylic acids is 1. The number of carboxylic acid groups (broad SMARTS) is 1. The zero-order chi connectivity index (χ0) is 24.6. The summed E-state index contributed by atoms with van der Waals surface area (Å²) in [5.41, 5.74) is -1.90. The molecule has 6 nitrogen and oxygen atoms in total. The largest absolute Gasteiger partial charge is 0.478 e. The smallest absolute Gasteiger partial charge is 0.416 e. The Balaban J connectivity index is 2.11. The summed E-state index contributed by atoms with van der Waals surface area (Å²) in [5.74, 6) is -4.47. The van der Waals surface area contributed by atoms with Crippen molar-refractivity contribution in [3.8, 4) is 0 Å². The molecule has 0 spiro atoms. The van der Waals surface area contributed by atoms with Crippen LogP contribution >= 0.6 is 0 Å². The summed E-state index contributed by atoms with van der Waals surface area (Å²) in [6.07, 6.45) is -4.92. The minimum Gasteiger partial charge on any atom is -0.478 e. The predicted octanol–water partition coefficient (Wildman–Crippen LogP) is 5.00. The Morgan fingerprint density at radius 2 is 1.88 bits per heavy atom. The van der Waals surface area contributed by atoms with E-state index in [1.54, 1.807) is 6.92 Å². The minimum absolute atomic E-state index is 0.0703. The molecule has 0 bridgehead atoms. The standard InChI is InChI=1S/C21H21F5N2O4S/c1-2-13-4-5-14(19(29)30)10-18(13)33(31,32)27-16-11-15(21(24,25)26)6-7-17(16)28-9-3-8-20(22,23)12-28/h4-7,10-11,27H,2-3,8-9,12H2,1H3,(H,29,30). The van der Waals surface area contributed by atoms with Crippen LogP contribution in [0.3, 0.4) is 0 Å². The summed E-state index contributed by atoms with van der Waals surface area (Å²) in [6, 6.07) is 5.62. The van der Waals surface area contributed by atoms with Crippen LogP contribution in [0.1, 0.15) is 41.3 Å². The fraction of sp³-hybridized carbons (Fsp3) is 0.381. The topological polar surface area (TPSA) is 86.7 Å². The zero-order valence-corrected chi connectivity index (χ0v) is 18.2. The molecule has 0 radical (unpaired) electrons. The number of benzene rings is 2. The number of rotatable bonds is 6. The molecule has 0 aliphatic carbocycles. The number of aromatic carboxylic acids is 1. The summed E-state index contributed by atoms with van der Waals surface area (Å²) in [6.45, 7) is 0.951. The molecule has 0 unspecified atom stereocenters. The van der Waals surface area contributed by atoms with Gasteiger partial charge in [-0.3, -0.25) is 4.72 Å². The summed E-state index contributed by atoms with van der Waals surface area (Å²) < 4.78 is 96.1. The van der Waals surface area contributed by atoms with Gasteiger partial charge in [0.05, 0.1) is 33.9 Å². The molecule has 2 aromatic carbocycles. The van der Waals surface area contributed by atoms with Gasteiger partial charge < -0.3 is 10.0 Å². The van der Waals surface area contributed by atoms with Crippen LogP contribution in [-0.4, -0.2) is 38.5 Å². The van der Waals surface area contributed by atoms with Crippen LogP contribution in [0.15, 0.2) is 41.3 Å². The molecule has 33 heavy (non-hydrogen) atoms. The number of nitrogens with one attached hydrogen (secondary N) is 1. The van der Waals surface area contributed by atoms with Crippen molar-refractivity contribution in [2.75, 3.05) is 22.7 Å². The van der Waals surface area contributed by atoms with Crippen LogP contribution in [0.4, 0.5) is 33.3 Å². The number of piperidine rings is 1. The second-order valence-corrected chi connectivity index (χ2v) is 9.35. The lowest BCUT2D eigenvalue weighted by Gasteiger charge is -2.35. The Bertz CT molecular complexity index is 1170. The number of alkyl halides is 5. The fourth-order valence-corrected chi connectivity index (χ4v) is 5.07. The molecule has 1 aliphatic rings. The van der Waals surface area contributed by atoms with E-state index in [0.717, 1.165) is 17.0 Å². The van der Waals surface area contributed by atoms with Crippen LogP contribution in [-0.2, 0) is 22.6 Å². The lowest BCUT2D eigenvalue weighted by atomic mass is 10.1. The van der Waals surface area contributed by atoms with Crippen LogP contribution in [0, 0.1) is 0 Å². The van der Waals surface area contributed by atoms with Crippen molar-refractivity contribution < 1.29 is 40.3 Å². The summed E-state index contributed by atoms with van der Waals surface area (Å²) in [5, 5.41) is 9.20. The van der Waals surface area contributed by atoms with Gasteiger partial charge >= 0.3 is 12.1 Å². The second-order valence-electron chi connectivity index (χ2n) is 7.70. The third-order valence-electron chi connectivity index (χ3n) is 5.29. The molecule has 3 rings (SSSR count). The lowest BCUT2D eigenvalue weighted by molar-refractivity contribution is -0.137. The third kappa shape index (κ3) is 5.55. The van der Waals surface area contributed by atoms with Crippen molar-refractivity contribution in [1.82, 2.24) is 0 Å². The monoisotopic (exact) mass is 492 g/mol. The van der Waals surface area contributed by atoms with Crippen molar-refractivity contribution >= 4 is 27.4 Å². The van der Waals surface area contributed by atoms with E-state index >= 15 is 0 Å². The maximum absolute atomic E-state index is 13.9. The molecule has 180 valence electrons. The maximum atomic E-state index is 13.9. The van der Waals surface area contributed by atoms with Crippen LogP contribution in [0.5, 0.6) is 0 Å². The van der Waals surface area contributed by atoms with Gasteiger partial charge in [0.15, 0.2) is 0 Å². The van der Waals surface area contributed by atoms with E-state index in [-0.39, 0.29) is 42.6 Å². The average molecular weight is 492 g/mol.